The van der Waals surface area contributed by atoms with E-state index in [2.05, 4.69) is 15.2 Å². The third-order valence-electron chi connectivity index (χ3n) is 3.69. The summed E-state index contributed by atoms with van der Waals surface area (Å²) in [6, 6.07) is 5.78. The number of piperazine rings is 1. The maximum Gasteiger partial charge on any atom is 0.234 e. The summed E-state index contributed by atoms with van der Waals surface area (Å²) in [6.07, 6.45) is 0. The fourth-order valence-corrected chi connectivity index (χ4v) is 3.34. The smallest absolute Gasteiger partial charge is 0.234 e. The zero-order valence-corrected chi connectivity index (χ0v) is 14.0. The Morgan fingerprint density at radius 1 is 1.30 bits per heavy atom. The molecule has 1 aromatic carbocycles. The van der Waals surface area contributed by atoms with Crippen molar-refractivity contribution in [3.63, 3.8) is 0 Å². The van der Waals surface area contributed by atoms with Gasteiger partial charge in [0.05, 0.1) is 26.5 Å². The van der Waals surface area contributed by atoms with Crippen molar-refractivity contribution >= 4 is 17.2 Å². The Morgan fingerprint density at radius 2 is 2.13 bits per heavy atom. The molecule has 0 unspecified atom stereocenters. The number of nitrogens with zero attached hydrogens (tertiary/aromatic N) is 2. The Kier molecular flexibility index (Phi) is 4.78. The van der Waals surface area contributed by atoms with Crippen LogP contribution in [0.4, 0.5) is 0 Å². The highest BCUT2D eigenvalue weighted by atomic mass is 32.1. The SMILES string of the molecule is COc1ccc(-c2nc(CN3CCNC(=O)C3)cs2)cc1OC. The fourth-order valence-electron chi connectivity index (χ4n) is 2.54. The number of hydrogen-bond donors (Lipinski definition) is 1. The zero-order chi connectivity index (χ0) is 16.2. The summed E-state index contributed by atoms with van der Waals surface area (Å²) < 4.78 is 10.6. The van der Waals surface area contributed by atoms with Gasteiger partial charge in [-0.2, -0.15) is 0 Å². The first-order valence-corrected chi connectivity index (χ1v) is 8.23. The zero-order valence-electron chi connectivity index (χ0n) is 13.2. The van der Waals surface area contributed by atoms with Gasteiger partial charge < -0.3 is 14.8 Å². The van der Waals surface area contributed by atoms with Crippen LogP contribution in [0.25, 0.3) is 10.6 Å². The third kappa shape index (κ3) is 3.62. The number of amides is 1. The van der Waals surface area contributed by atoms with Crippen LogP contribution in [0.5, 0.6) is 11.5 Å². The predicted octanol–water partition coefficient (Wildman–Crippen LogP) is 1.76. The van der Waals surface area contributed by atoms with E-state index in [9.17, 15) is 4.79 Å². The van der Waals surface area contributed by atoms with Crippen LogP contribution in [0, 0.1) is 0 Å². The van der Waals surface area contributed by atoms with Gasteiger partial charge in [0.2, 0.25) is 5.91 Å². The van der Waals surface area contributed by atoms with Crippen molar-refractivity contribution in [3.8, 4) is 22.1 Å². The Labute approximate surface area is 139 Å². The van der Waals surface area contributed by atoms with Gasteiger partial charge in [0.25, 0.3) is 0 Å². The highest BCUT2D eigenvalue weighted by Crippen LogP contribution is 2.33. The van der Waals surface area contributed by atoms with Gasteiger partial charge in [-0.3, -0.25) is 9.69 Å². The number of thiazole rings is 1. The lowest BCUT2D eigenvalue weighted by molar-refractivity contribution is -0.124. The van der Waals surface area contributed by atoms with Crippen molar-refractivity contribution in [2.45, 2.75) is 6.54 Å². The molecule has 23 heavy (non-hydrogen) atoms. The average Bonchev–Trinajstić information content (AvgIpc) is 3.02. The van der Waals surface area contributed by atoms with Gasteiger partial charge in [-0.25, -0.2) is 4.98 Å². The normalized spacial score (nSPS) is 15.3. The summed E-state index contributed by atoms with van der Waals surface area (Å²) in [6.45, 7) is 2.68. The molecule has 6 nitrogen and oxygen atoms in total. The summed E-state index contributed by atoms with van der Waals surface area (Å²) in [5.41, 5.74) is 1.98. The number of methoxy groups -OCH3 is 2. The molecule has 0 atom stereocenters. The monoisotopic (exact) mass is 333 g/mol. The first kappa shape index (κ1) is 15.8. The Hall–Kier alpha value is -2.12. The number of rotatable bonds is 5. The van der Waals surface area contributed by atoms with E-state index in [0.29, 0.717) is 31.1 Å². The Morgan fingerprint density at radius 3 is 2.87 bits per heavy atom. The van der Waals surface area contributed by atoms with Gasteiger partial charge in [-0.05, 0) is 18.2 Å². The fraction of sp³-hybridized carbons (Fsp3) is 0.375. The molecule has 1 aliphatic heterocycles. The summed E-state index contributed by atoms with van der Waals surface area (Å²) in [5.74, 6) is 1.47. The first-order chi connectivity index (χ1) is 11.2. The second-order valence-corrected chi connectivity index (χ2v) is 6.13. The second kappa shape index (κ2) is 6.97. The van der Waals surface area contributed by atoms with Crippen LogP contribution in [0.1, 0.15) is 5.69 Å². The number of ether oxygens (including phenoxy) is 2. The van der Waals surface area contributed by atoms with Crippen molar-refractivity contribution in [2.75, 3.05) is 33.9 Å². The molecule has 1 fully saturated rings. The van der Waals surface area contributed by atoms with E-state index < -0.39 is 0 Å². The Balaban J connectivity index is 1.75. The molecule has 0 bridgehead atoms. The van der Waals surface area contributed by atoms with Gasteiger partial charge >= 0.3 is 0 Å². The van der Waals surface area contributed by atoms with E-state index in [1.807, 2.05) is 23.6 Å². The molecule has 3 rings (SSSR count). The van der Waals surface area contributed by atoms with Gasteiger partial charge in [0, 0.05) is 30.6 Å². The molecule has 0 saturated carbocycles. The van der Waals surface area contributed by atoms with Gasteiger partial charge in [0.1, 0.15) is 5.01 Å². The largest absolute Gasteiger partial charge is 0.493 e. The maximum absolute atomic E-state index is 11.4. The minimum Gasteiger partial charge on any atom is -0.493 e. The molecule has 122 valence electrons. The summed E-state index contributed by atoms with van der Waals surface area (Å²) in [4.78, 5) is 18.2. The standard InChI is InChI=1S/C16H19N3O3S/c1-21-13-4-3-11(7-14(13)22-2)16-18-12(10-23-16)8-19-6-5-17-15(20)9-19/h3-4,7,10H,5-6,8-9H2,1-2H3,(H,17,20). The number of hydrogen-bond acceptors (Lipinski definition) is 6. The van der Waals surface area contributed by atoms with Crippen LogP contribution < -0.4 is 14.8 Å². The predicted molar refractivity (Wildman–Crippen MR) is 88.9 cm³/mol. The number of benzene rings is 1. The van der Waals surface area contributed by atoms with Gasteiger partial charge in [-0.1, -0.05) is 0 Å². The van der Waals surface area contributed by atoms with Crippen LogP contribution in [0.2, 0.25) is 0 Å². The molecule has 2 aromatic rings. The average molecular weight is 333 g/mol. The van der Waals surface area contributed by atoms with E-state index in [1.165, 1.54) is 0 Å². The van der Waals surface area contributed by atoms with E-state index in [0.717, 1.165) is 22.8 Å². The summed E-state index contributed by atoms with van der Waals surface area (Å²) >= 11 is 1.59. The highest BCUT2D eigenvalue weighted by Gasteiger charge is 2.17. The van der Waals surface area contributed by atoms with Gasteiger partial charge in [0.15, 0.2) is 11.5 Å². The molecular formula is C16H19N3O3S. The van der Waals surface area contributed by atoms with Crippen LogP contribution in [0.15, 0.2) is 23.6 Å². The molecule has 1 amide bonds. The van der Waals surface area contributed by atoms with E-state index in [1.54, 1.807) is 25.6 Å². The van der Waals surface area contributed by atoms with Crippen molar-refractivity contribution in [1.29, 1.82) is 0 Å². The lowest BCUT2D eigenvalue weighted by Gasteiger charge is -2.25. The third-order valence-corrected chi connectivity index (χ3v) is 4.63. The van der Waals surface area contributed by atoms with Crippen molar-refractivity contribution in [3.05, 3.63) is 29.3 Å². The van der Waals surface area contributed by atoms with E-state index in [4.69, 9.17) is 9.47 Å². The summed E-state index contributed by atoms with van der Waals surface area (Å²) in [5, 5.41) is 5.80. The van der Waals surface area contributed by atoms with E-state index in [-0.39, 0.29) is 5.91 Å². The van der Waals surface area contributed by atoms with Crippen molar-refractivity contribution in [1.82, 2.24) is 15.2 Å². The summed E-state index contributed by atoms with van der Waals surface area (Å²) in [7, 11) is 3.24. The number of nitrogens with one attached hydrogen (secondary N) is 1. The second-order valence-electron chi connectivity index (χ2n) is 5.27. The lowest BCUT2D eigenvalue weighted by Crippen LogP contribution is -2.47. The minimum atomic E-state index is 0.0755. The molecule has 0 aliphatic carbocycles. The first-order valence-electron chi connectivity index (χ1n) is 7.35. The number of carbonyl (C=O) groups is 1. The molecule has 0 spiro atoms. The van der Waals surface area contributed by atoms with Crippen LogP contribution >= 0.6 is 11.3 Å². The molecular weight excluding hydrogens is 314 g/mol. The van der Waals surface area contributed by atoms with Gasteiger partial charge in [-0.15, -0.1) is 11.3 Å². The Bertz CT molecular complexity index is 702. The van der Waals surface area contributed by atoms with Crippen molar-refractivity contribution < 1.29 is 14.3 Å². The van der Waals surface area contributed by atoms with Crippen LogP contribution in [-0.4, -0.2) is 49.6 Å². The quantitative estimate of drug-likeness (QED) is 0.903. The molecule has 1 N–H and O–H groups in total. The number of aromatic nitrogens is 1. The molecule has 1 aliphatic rings. The van der Waals surface area contributed by atoms with Crippen molar-refractivity contribution in [2.24, 2.45) is 0 Å². The highest BCUT2D eigenvalue weighted by molar-refractivity contribution is 7.13. The molecule has 7 heteroatoms. The van der Waals surface area contributed by atoms with Crippen LogP contribution in [-0.2, 0) is 11.3 Å². The van der Waals surface area contributed by atoms with E-state index >= 15 is 0 Å². The number of carbonyl (C=O) groups excluding carboxylic acids is 1. The molecule has 0 radical (unpaired) electrons. The maximum atomic E-state index is 11.4. The molecule has 1 aromatic heterocycles. The topological polar surface area (TPSA) is 63.7 Å². The molecule has 2 heterocycles. The molecule has 1 saturated heterocycles. The lowest BCUT2D eigenvalue weighted by atomic mass is 10.2. The minimum absolute atomic E-state index is 0.0755. The van der Waals surface area contributed by atoms with Crippen LogP contribution in [0.3, 0.4) is 0 Å².